The predicted molar refractivity (Wildman–Crippen MR) is 90.2 cm³/mol. The molecular formula is C18H21N3O3. The summed E-state index contributed by atoms with van der Waals surface area (Å²) in [7, 11) is 1.36. The molecule has 0 spiro atoms. The van der Waals surface area contributed by atoms with Crippen molar-refractivity contribution in [3.8, 4) is 0 Å². The lowest BCUT2D eigenvalue weighted by atomic mass is 9.85. The van der Waals surface area contributed by atoms with Gasteiger partial charge in [0.1, 0.15) is 5.82 Å². The molecule has 0 fully saturated rings. The van der Waals surface area contributed by atoms with Crippen molar-refractivity contribution in [2.45, 2.75) is 39.2 Å². The third kappa shape index (κ3) is 2.68. The molecule has 3 rings (SSSR count). The van der Waals surface area contributed by atoms with Crippen molar-refractivity contribution in [2.75, 3.05) is 12.4 Å². The number of aryl methyl sites for hydroxylation is 1. The molecule has 0 saturated carbocycles. The Morgan fingerprint density at radius 3 is 2.83 bits per heavy atom. The Kier molecular flexibility index (Phi) is 4.13. The number of ether oxygens (including phenoxy) is 1. The van der Waals surface area contributed by atoms with Crippen LogP contribution in [0.5, 0.6) is 0 Å². The molecule has 1 amide bonds. The third-order valence-electron chi connectivity index (χ3n) is 4.33. The number of nitrogens with one attached hydrogen (secondary N) is 1. The van der Waals surface area contributed by atoms with Crippen LogP contribution in [0.25, 0.3) is 0 Å². The van der Waals surface area contributed by atoms with Crippen LogP contribution < -0.4 is 5.32 Å². The number of nitrogens with zero attached hydrogens (tertiary/aromatic N) is 2. The van der Waals surface area contributed by atoms with Gasteiger partial charge in [0.2, 0.25) is 5.91 Å². The second-order valence-electron chi connectivity index (χ2n) is 6.31. The van der Waals surface area contributed by atoms with E-state index in [1.165, 1.54) is 7.11 Å². The van der Waals surface area contributed by atoms with Crippen molar-refractivity contribution in [3.05, 3.63) is 46.6 Å². The number of carbonyl (C=O) groups excluding carboxylic acids is 2. The second kappa shape index (κ2) is 6.11. The van der Waals surface area contributed by atoms with E-state index in [0.29, 0.717) is 12.0 Å². The molecule has 0 bridgehead atoms. The van der Waals surface area contributed by atoms with E-state index in [1.54, 1.807) is 12.1 Å². The van der Waals surface area contributed by atoms with Crippen LogP contribution in [-0.2, 0) is 9.53 Å². The van der Waals surface area contributed by atoms with E-state index in [-0.39, 0.29) is 23.8 Å². The van der Waals surface area contributed by atoms with E-state index in [1.807, 2.05) is 37.6 Å². The normalized spacial score (nSPS) is 16.7. The fraction of sp³-hybridized carbons (Fsp3) is 0.389. The summed E-state index contributed by atoms with van der Waals surface area (Å²) in [5, 5.41) is 7.53. The average Bonchev–Trinajstić information content (AvgIpc) is 2.90. The van der Waals surface area contributed by atoms with Gasteiger partial charge in [0.15, 0.2) is 0 Å². The number of carbonyl (C=O) groups is 2. The third-order valence-corrected chi connectivity index (χ3v) is 4.33. The van der Waals surface area contributed by atoms with E-state index in [0.717, 1.165) is 22.6 Å². The lowest BCUT2D eigenvalue weighted by Crippen LogP contribution is -2.25. The first-order valence-electron chi connectivity index (χ1n) is 7.99. The highest BCUT2D eigenvalue weighted by atomic mass is 16.5. The first-order valence-corrected chi connectivity index (χ1v) is 7.99. The maximum atomic E-state index is 12.2. The molecule has 0 saturated heterocycles. The van der Waals surface area contributed by atoms with Gasteiger partial charge in [0, 0.05) is 23.9 Å². The van der Waals surface area contributed by atoms with Crippen molar-refractivity contribution in [2.24, 2.45) is 0 Å². The minimum atomic E-state index is -0.382. The maximum Gasteiger partial charge on any atom is 0.337 e. The van der Waals surface area contributed by atoms with Crippen LogP contribution in [0.2, 0.25) is 0 Å². The number of aromatic nitrogens is 2. The molecule has 2 aromatic rings. The first-order chi connectivity index (χ1) is 11.4. The van der Waals surface area contributed by atoms with Crippen LogP contribution in [0.15, 0.2) is 24.3 Å². The molecule has 1 aromatic carbocycles. The molecule has 1 N–H and O–H groups in total. The number of benzene rings is 1. The summed E-state index contributed by atoms with van der Waals surface area (Å²) in [5.41, 5.74) is 3.31. The summed E-state index contributed by atoms with van der Waals surface area (Å²) < 4.78 is 6.64. The summed E-state index contributed by atoms with van der Waals surface area (Å²) in [6.07, 6.45) is 0.336. The second-order valence-corrected chi connectivity index (χ2v) is 6.31. The van der Waals surface area contributed by atoms with Crippen LogP contribution in [0.4, 0.5) is 5.82 Å². The highest BCUT2D eigenvalue weighted by Crippen LogP contribution is 2.40. The standard InChI is InChI=1S/C18H21N3O3/c1-10(2)21-17-16(11(3)20-21)14(9-15(22)19-17)12-6-5-7-13(8-12)18(23)24-4/h5-8,10,14H,9H2,1-4H3,(H,19,22). The quantitative estimate of drug-likeness (QED) is 0.880. The molecule has 24 heavy (non-hydrogen) atoms. The molecule has 6 heteroatoms. The van der Waals surface area contributed by atoms with E-state index < -0.39 is 0 Å². The fourth-order valence-electron chi connectivity index (χ4n) is 3.23. The first kappa shape index (κ1) is 16.2. The van der Waals surface area contributed by atoms with E-state index in [2.05, 4.69) is 10.4 Å². The molecule has 1 aliphatic heterocycles. The van der Waals surface area contributed by atoms with Gasteiger partial charge in [-0.25, -0.2) is 9.48 Å². The number of esters is 1. The van der Waals surface area contributed by atoms with Crippen LogP contribution in [0, 0.1) is 6.92 Å². The zero-order chi connectivity index (χ0) is 17.4. The Morgan fingerprint density at radius 1 is 1.42 bits per heavy atom. The monoisotopic (exact) mass is 327 g/mol. The smallest absolute Gasteiger partial charge is 0.337 e. The van der Waals surface area contributed by atoms with Gasteiger partial charge in [-0.3, -0.25) is 4.79 Å². The Bertz CT molecular complexity index is 808. The number of hydrogen-bond acceptors (Lipinski definition) is 4. The Hall–Kier alpha value is -2.63. The van der Waals surface area contributed by atoms with Crippen LogP contribution >= 0.6 is 0 Å². The average molecular weight is 327 g/mol. The summed E-state index contributed by atoms with van der Waals surface area (Å²) in [6.45, 7) is 6.01. The molecule has 2 heterocycles. The molecule has 0 radical (unpaired) electrons. The lowest BCUT2D eigenvalue weighted by molar-refractivity contribution is -0.116. The van der Waals surface area contributed by atoms with Gasteiger partial charge in [-0.15, -0.1) is 0 Å². The fourth-order valence-corrected chi connectivity index (χ4v) is 3.23. The number of anilines is 1. The van der Waals surface area contributed by atoms with Gasteiger partial charge in [-0.1, -0.05) is 12.1 Å². The number of hydrogen-bond donors (Lipinski definition) is 1. The lowest BCUT2D eigenvalue weighted by Gasteiger charge is -2.25. The Labute approximate surface area is 140 Å². The highest BCUT2D eigenvalue weighted by Gasteiger charge is 2.33. The van der Waals surface area contributed by atoms with E-state index in [4.69, 9.17) is 4.74 Å². The number of methoxy groups -OCH3 is 1. The number of fused-ring (bicyclic) bond motifs is 1. The summed E-state index contributed by atoms with van der Waals surface area (Å²) in [6, 6.07) is 7.41. The summed E-state index contributed by atoms with van der Waals surface area (Å²) >= 11 is 0. The van der Waals surface area contributed by atoms with Crippen molar-refractivity contribution in [3.63, 3.8) is 0 Å². The topological polar surface area (TPSA) is 73.2 Å². The van der Waals surface area contributed by atoms with Gasteiger partial charge in [-0.05, 0) is 38.5 Å². The molecule has 1 aromatic heterocycles. The Morgan fingerprint density at radius 2 is 2.17 bits per heavy atom. The van der Waals surface area contributed by atoms with Gasteiger partial charge < -0.3 is 10.1 Å². The van der Waals surface area contributed by atoms with Crippen molar-refractivity contribution in [1.29, 1.82) is 0 Å². The van der Waals surface area contributed by atoms with Crippen LogP contribution in [0.3, 0.4) is 0 Å². The minimum absolute atomic E-state index is 0.0437. The molecule has 1 aliphatic rings. The van der Waals surface area contributed by atoms with Gasteiger partial charge in [-0.2, -0.15) is 5.10 Å². The maximum absolute atomic E-state index is 12.2. The summed E-state index contributed by atoms with van der Waals surface area (Å²) in [5.74, 6) is 0.211. The molecule has 0 aliphatic carbocycles. The van der Waals surface area contributed by atoms with Gasteiger partial charge in [0.05, 0.1) is 18.4 Å². The zero-order valence-corrected chi connectivity index (χ0v) is 14.3. The molecule has 1 atom stereocenters. The molecule has 6 nitrogen and oxygen atoms in total. The van der Waals surface area contributed by atoms with E-state index >= 15 is 0 Å². The minimum Gasteiger partial charge on any atom is -0.465 e. The van der Waals surface area contributed by atoms with E-state index in [9.17, 15) is 9.59 Å². The zero-order valence-electron chi connectivity index (χ0n) is 14.3. The van der Waals surface area contributed by atoms with Crippen molar-refractivity contribution in [1.82, 2.24) is 9.78 Å². The van der Waals surface area contributed by atoms with Gasteiger partial charge >= 0.3 is 5.97 Å². The largest absolute Gasteiger partial charge is 0.465 e. The molecule has 1 unspecified atom stereocenters. The van der Waals surface area contributed by atoms with Crippen molar-refractivity contribution < 1.29 is 14.3 Å². The van der Waals surface area contributed by atoms with Gasteiger partial charge in [0.25, 0.3) is 0 Å². The number of amides is 1. The molecule has 126 valence electrons. The Balaban J connectivity index is 2.11. The van der Waals surface area contributed by atoms with Crippen molar-refractivity contribution >= 4 is 17.7 Å². The SMILES string of the molecule is COC(=O)c1cccc(C2CC(=O)Nc3c2c(C)nn3C(C)C)c1. The van der Waals surface area contributed by atoms with Crippen LogP contribution in [-0.4, -0.2) is 28.8 Å². The predicted octanol–water partition coefficient (Wildman–Crippen LogP) is 3.03. The van der Waals surface area contributed by atoms with Crippen LogP contribution in [0.1, 0.15) is 59.4 Å². The highest BCUT2D eigenvalue weighted by molar-refractivity contribution is 5.95. The number of rotatable bonds is 3. The molecular weight excluding hydrogens is 306 g/mol. The summed E-state index contributed by atoms with van der Waals surface area (Å²) in [4.78, 5) is 24.0.